The van der Waals surface area contributed by atoms with Gasteiger partial charge < -0.3 is 11.1 Å². The number of amides is 1. The molecule has 1 amide bonds. The molecular weight excluding hydrogens is 256 g/mol. The van der Waals surface area contributed by atoms with Crippen molar-refractivity contribution in [3.05, 3.63) is 21.9 Å². The minimum Gasteiger partial charge on any atom is -0.352 e. The normalized spacial score (nSPS) is 18.2. The molecule has 1 aliphatic carbocycles. The second-order valence-corrected chi connectivity index (χ2v) is 6.87. The maximum absolute atomic E-state index is 12.1. The zero-order chi connectivity index (χ0) is 13.7. The third-order valence-corrected chi connectivity index (χ3v) is 4.95. The first-order valence-electron chi connectivity index (χ1n) is 7.24. The monoisotopic (exact) mass is 280 g/mol. The number of nitrogens with two attached hydrogens (primary N) is 1. The Morgan fingerprint density at radius 3 is 2.74 bits per heavy atom. The summed E-state index contributed by atoms with van der Waals surface area (Å²) < 4.78 is 0. The average molecular weight is 280 g/mol. The largest absolute Gasteiger partial charge is 0.352 e. The molecule has 0 aromatic carbocycles. The molecule has 3 N–H and O–H groups in total. The van der Waals surface area contributed by atoms with E-state index in [9.17, 15) is 4.79 Å². The van der Waals surface area contributed by atoms with Gasteiger partial charge in [-0.2, -0.15) is 0 Å². The number of thiophene rings is 1. The molecule has 3 nitrogen and oxygen atoms in total. The fourth-order valence-electron chi connectivity index (χ4n) is 2.90. The molecule has 1 fully saturated rings. The molecule has 1 aliphatic rings. The van der Waals surface area contributed by atoms with E-state index < -0.39 is 0 Å². The molecule has 1 heterocycles. The Kier molecular flexibility index (Phi) is 5.40. The number of hydrogen-bond acceptors (Lipinski definition) is 3. The number of carbonyl (C=O) groups is 1. The Morgan fingerprint density at radius 2 is 2.16 bits per heavy atom. The van der Waals surface area contributed by atoms with Crippen LogP contribution < -0.4 is 11.1 Å². The Balaban J connectivity index is 1.85. The summed E-state index contributed by atoms with van der Waals surface area (Å²) in [6, 6.07) is 4.26. The van der Waals surface area contributed by atoms with Crippen molar-refractivity contribution >= 4 is 17.2 Å². The van der Waals surface area contributed by atoms with Crippen LogP contribution in [0.1, 0.15) is 41.9 Å². The van der Waals surface area contributed by atoms with Crippen LogP contribution in [0.4, 0.5) is 0 Å². The summed E-state index contributed by atoms with van der Waals surface area (Å²) in [5, 5.41) is 3.14. The van der Waals surface area contributed by atoms with Crippen molar-refractivity contribution in [3.63, 3.8) is 0 Å². The van der Waals surface area contributed by atoms with Gasteiger partial charge in [-0.15, -0.1) is 11.3 Å². The Morgan fingerprint density at radius 1 is 1.42 bits per heavy atom. The van der Waals surface area contributed by atoms with Crippen molar-refractivity contribution in [1.29, 1.82) is 0 Å². The summed E-state index contributed by atoms with van der Waals surface area (Å²) in [5.41, 5.74) is 5.84. The highest BCUT2D eigenvalue weighted by atomic mass is 32.1. The van der Waals surface area contributed by atoms with Crippen LogP contribution in [0.15, 0.2) is 12.1 Å². The zero-order valence-electron chi connectivity index (χ0n) is 11.7. The quantitative estimate of drug-likeness (QED) is 0.871. The summed E-state index contributed by atoms with van der Waals surface area (Å²) in [4.78, 5) is 14.5. The lowest BCUT2D eigenvalue weighted by Gasteiger charge is -2.30. The molecule has 0 aliphatic heterocycles. The second-order valence-electron chi connectivity index (χ2n) is 5.50. The zero-order valence-corrected chi connectivity index (χ0v) is 12.5. The van der Waals surface area contributed by atoms with E-state index in [2.05, 4.69) is 18.3 Å². The maximum atomic E-state index is 12.1. The molecule has 1 saturated carbocycles. The van der Waals surface area contributed by atoms with E-state index in [0.29, 0.717) is 18.9 Å². The number of carbonyl (C=O) groups excluding carboxylic acids is 1. The molecule has 1 aromatic heterocycles. The standard InChI is InChI=1S/C15H24N2OS/c1-11-7-8-13(19-11)9-15(18)17-14(10-16)12-5-3-2-4-6-12/h7-8,12,14H,2-6,9-10,16H2,1H3,(H,17,18). The SMILES string of the molecule is Cc1ccc(CC(=O)NC(CN)C2CCCCC2)s1. The molecule has 2 rings (SSSR count). The Labute approximate surface area is 119 Å². The lowest BCUT2D eigenvalue weighted by Crippen LogP contribution is -2.46. The first-order chi connectivity index (χ1) is 9.19. The van der Waals surface area contributed by atoms with E-state index in [1.54, 1.807) is 11.3 Å². The maximum Gasteiger partial charge on any atom is 0.225 e. The van der Waals surface area contributed by atoms with Crippen LogP contribution >= 0.6 is 11.3 Å². The predicted molar refractivity (Wildman–Crippen MR) is 80.3 cm³/mol. The van der Waals surface area contributed by atoms with Crippen LogP contribution in [-0.2, 0) is 11.2 Å². The molecule has 1 atom stereocenters. The van der Waals surface area contributed by atoms with Gasteiger partial charge in [-0.05, 0) is 37.8 Å². The van der Waals surface area contributed by atoms with Gasteiger partial charge in [0.1, 0.15) is 0 Å². The number of hydrogen-bond donors (Lipinski definition) is 2. The smallest absolute Gasteiger partial charge is 0.225 e. The van der Waals surface area contributed by atoms with E-state index in [-0.39, 0.29) is 11.9 Å². The fraction of sp³-hybridized carbons (Fsp3) is 0.667. The number of aryl methyl sites for hydroxylation is 1. The third-order valence-electron chi connectivity index (χ3n) is 3.95. The highest BCUT2D eigenvalue weighted by molar-refractivity contribution is 7.12. The summed E-state index contributed by atoms with van der Waals surface area (Å²) in [5.74, 6) is 0.690. The van der Waals surface area contributed by atoms with Crippen molar-refractivity contribution in [3.8, 4) is 0 Å². The van der Waals surface area contributed by atoms with Gasteiger partial charge in [0, 0.05) is 22.3 Å². The van der Waals surface area contributed by atoms with Gasteiger partial charge in [-0.25, -0.2) is 0 Å². The van der Waals surface area contributed by atoms with Gasteiger partial charge in [-0.1, -0.05) is 19.3 Å². The van der Waals surface area contributed by atoms with Crippen molar-refractivity contribution in [2.45, 2.75) is 51.5 Å². The van der Waals surface area contributed by atoms with E-state index in [1.165, 1.54) is 37.0 Å². The first-order valence-corrected chi connectivity index (χ1v) is 8.05. The highest BCUT2D eigenvalue weighted by Gasteiger charge is 2.23. The van der Waals surface area contributed by atoms with Crippen LogP contribution in [0, 0.1) is 12.8 Å². The predicted octanol–water partition coefficient (Wildman–Crippen LogP) is 2.62. The highest BCUT2D eigenvalue weighted by Crippen LogP contribution is 2.26. The van der Waals surface area contributed by atoms with Crippen LogP contribution in [0.25, 0.3) is 0 Å². The molecule has 0 spiro atoms. The van der Waals surface area contributed by atoms with Gasteiger partial charge in [0.25, 0.3) is 0 Å². The molecular formula is C15H24N2OS. The minimum atomic E-state index is 0.114. The van der Waals surface area contributed by atoms with E-state index in [1.807, 2.05) is 6.07 Å². The third kappa shape index (κ3) is 4.32. The van der Waals surface area contributed by atoms with Gasteiger partial charge in [0.2, 0.25) is 5.91 Å². The minimum absolute atomic E-state index is 0.114. The molecule has 4 heteroatoms. The second kappa shape index (κ2) is 7.06. The van der Waals surface area contributed by atoms with Crippen molar-refractivity contribution < 1.29 is 4.79 Å². The summed E-state index contributed by atoms with van der Waals surface area (Å²) in [7, 11) is 0. The number of rotatable bonds is 5. The van der Waals surface area contributed by atoms with E-state index in [0.717, 1.165) is 4.88 Å². The summed E-state index contributed by atoms with van der Waals surface area (Å²) in [6.45, 7) is 2.62. The molecule has 0 radical (unpaired) electrons. The summed E-state index contributed by atoms with van der Waals surface area (Å²) >= 11 is 1.69. The van der Waals surface area contributed by atoms with Crippen molar-refractivity contribution in [2.75, 3.05) is 6.54 Å². The molecule has 19 heavy (non-hydrogen) atoms. The Bertz CT molecular complexity index is 410. The fourth-order valence-corrected chi connectivity index (χ4v) is 3.79. The first kappa shape index (κ1) is 14.5. The Hall–Kier alpha value is -0.870. The molecule has 1 aromatic rings. The topological polar surface area (TPSA) is 55.1 Å². The van der Waals surface area contributed by atoms with E-state index in [4.69, 9.17) is 5.73 Å². The lowest BCUT2D eigenvalue weighted by atomic mass is 9.84. The van der Waals surface area contributed by atoms with Crippen LogP contribution in [0.5, 0.6) is 0 Å². The summed E-state index contributed by atoms with van der Waals surface area (Å²) in [6.07, 6.45) is 6.79. The van der Waals surface area contributed by atoms with Crippen molar-refractivity contribution in [1.82, 2.24) is 5.32 Å². The molecule has 0 bridgehead atoms. The average Bonchev–Trinajstić information content (AvgIpc) is 2.82. The molecule has 1 unspecified atom stereocenters. The molecule has 0 saturated heterocycles. The van der Waals surface area contributed by atoms with Crippen LogP contribution in [-0.4, -0.2) is 18.5 Å². The van der Waals surface area contributed by atoms with Crippen LogP contribution in [0.3, 0.4) is 0 Å². The van der Waals surface area contributed by atoms with Gasteiger partial charge in [0.15, 0.2) is 0 Å². The van der Waals surface area contributed by atoms with Crippen molar-refractivity contribution in [2.24, 2.45) is 11.7 Å². The van der Waals surface area contributed by atoms with Gasteiger partial charge in [0.05, 0.1) is 6.42 Å². The van der Waals surface area contributed by atoms with Gasteiger partial charge in [-0.3, -0.25) is 4.79 Å². The molecule has 106 valence electrons. The van der Waals surface area contributed by atoms with Gasteiger partial charge >= 0.3 is 0 Å². The van der Waals surface area contributed by atoms with E-state index >= 15 is 0 Å². The number of nitrogens with one attached hydrogen (secondary N) is 1. The lowest BCUT2D eigenvalue weighted by molar-refractivity contribution is -0.121. The van der Waals surface area contributed by atoms with Crippen LogP contribution in [0.2, 0.25) is 0 Å².